The minimum atomic E-state index is -3.55. The van der Waals surface area contributed by atoms with E-state index in [1.165, 1.54) is 11.3 Å². The lowest BCUT2D eigenvalue weighted by molar-refractivity contribution is 0.567. The predicted octanol–water partition coefficient (Wildman–Crippen LogP) is 2.90. The van der Waals surface area contributed by atoms with Crippen LogP contribution < -0.4 is 10.5 Å². The molecule has 1 unspecified atom stereocenters. The van der Waals surface area contributed by atoms with Gasteiger partial charge in [0, 0.05) is 27.9 Å². The number of hydrogen-bond donors (Lipinski definition) is 2. The topological polar surface area (TPSA) is 72.2 Å². The van der Waals surface area contributed by atoms with Gasteiger partial charge in [0.05, 0.1) is 4.90 Å². The van der Waals surface area contributed by atoms with Crippen LogP contribution in [0, 0.1) is 0 Å². The predicted molar refractivity (Wildman–Crippen MR) is 82.4 cm³/mol. The molecule has 20 heavy (non-hydrogen) atoms. The summed E-state index contributed by atoms with van der Waals surface area (Å²) in [6.07, 6.45) is 0. The second kappa shape index (κ2) is 6.24. The Labute approximate surface area is 127 Å². The molecule has 0 saturated heterocycles. The highest BCUT2D eigenvalue weighted by atomic mass is 35.5. The summed E-state index contributed by atoms with van der Waals surface area (Å²) >= 11 is 7.25. The van der Waals surface area contributed by atoms with Crippen LogP contribution in [0.2, 0.25) is 5.02 Å². The van der Waals surface area contributed by atoms with Crippen LogP contribution in [0.15, 0.2) is 40.6 Å². The molecule has 0 radical (unpaired) electrons. The number of rotatable bonds is 5. The molecule has 0 fully saturated rings. The van der Waals surface area contributed by atoms with Gasteiger partial charge in [-0.05, 0) is 30.7 Å². The maximum absolute atomic E-state index is 12.3. The largest absolute Gasteiger partial charge is 0.326 e. The molecule has 0 aliphatic heterocycles. The summed E-state index contributed by atoms with van der Waals surface area (Å²) in [4.78, 5) is 1.08. The molecule has 0 amide bonds. The third kappa shape index (κ3) is 3.59. The van der Waals surface area contributed by atoms with E-state index in [2.05, 4.69) is 4.72 Å². The average molecular weight is 331 g/mol. The van der Waals surface area contributed by atoms with Gasteiger partial charge in [-0.1, -0.05) is 23.7 Å². The van der Waals surface area contributed by atoms with Gasteiger partial charge in [0.25, 0.3) is 0 Å². The monoisotopic (exact) mass is 330 g/mol. The smallest absolute Gasteiger partial charge is 0.241 e. The second-order valence-electron chi connectivity index (χ2n) is 4.35. The molecule has 1 heterocycles. The van der Waals surface area contributed by atoms with Crippen LogP contribution >= 0.6 is 22.9 Å². The Kier molecular flexibility index (Phi) is 4.82. The molecule has 0 aliphatic rings. The summed E-state index contributed by atoms with van der Waals surface area (Å²) in [6.45, 7) is 2.11. The van der Waals surface area contributed by atoms with Crippen LogP contribution in [-0.4, -0.2) is 8.42 Å². The van der Waals surface area contributed by atoms with Crippen LogP contribution in [0.3, 0.4) is 0 Å². The molecular formula is C13H15ClN2O2S2. The summed E-state index contributed by atoms with van der Waals surface area (Å²) in [5.41, 5.74) is 6.31. The second-order valence-corrected chi connectivity index (χ2v) is 7.50. The van der Waals surface area contributed by atoms with E-state index in [1.807, 2.05) is 6.07 Å². The third-order valence-corrected chi connectivity index (χ3v) is 5.69. The van der Waals surface area contributed by atoms with E-state index in [0.717, 1.165) is 10.4 Å². The standard InChI is InChI=1S/C13H15ClN2O2S2/c1-9(10-3-2-4-11(14)5-10)16-20(17,18)13-6-12(7-15)19-8-13/h2-6,8-9,16H,7,15H2,1H3. The van der Waals surface area contributed by atoms with E-state index in [9.17, 15) is 8.42 Å². The molecule has 0 bridgehead atoms. The quantitative estimate of drug-likeness (QED) is 0.885. The maximum Gasteiger partial charge on any atom is 0.241 e. The Hall–Kier alpha value is -0.920. The van der Waals surface area contributed by atoms with Crippen molar-refractivity contribution in [2.75, 3.05) is 0 Å². The minimum absolute atomic E-state index is 0.247. The first-order chi connectivity index (χ1) is 9.42. The molecule has 108 valence electrons. The molecule has 1 aromatic carbocycles. The van der Waals surface area contributed by atoms with Gasteiger partial charge in [0.2, 0.25) is 10.0 Å². The van der Waals surface area contributed by atoms with Gasteiger partial charge < -0.3 is 5.73 Å². The summed E-state index contributed by atoms with van der Waals surface area (Å²) in [5.74, 6) is 0. The fraction of sp³-hybridized carbons (Fsp3) is 0.231. The molecule has 3 N–H and O–H groups in total. The average Bonchev–Trinajstić information content (AvgIpc) is 2.87. The van der Waals surface area contributed by atoms with E-state index in [4.69, 9.17) is 17.3 Å². The highest BCUT2D eigenvalue weighted by Gasteiger charge is 2.19. The summed E-state index contributed by atoms with van der Waals surface area (Å²) in [6, 6.07) is 8.35. The lowest BCUT2D eigenvalue weighted by Gasteiger charge is -2.14. The van der Waals surface area contributed by atoms with E-state index >= 15 is 0 Å². The normalized spacial score (nSPS) is 13.3. The number of thiophene rings is 1. The van der Waals surface area contributed by atoms with Gasteiger partial charge in [-0.2, -0.15) is 0 Å². The van der Waals surface area contributed by atoms with Crippen LogP contribution in [-0.2, 0) is 16.6 Å². The third-order valence-electron chi connectivity index (χ3n) is 2.82. The molecular weight excluding hydrogens is 316 g/mol. The van der Waals surface area contributed by atoms with Gasteiger partial charge in [-0.3, -0.25) is 0 Å². The molecule has 1 aromatic heterocycles. The molecule has 7 heteroatoms. The first-order valence-corrected chi connectivity index (χ1v) is 8.72. The van der Waals surface area contributed by atoms with Gasteiger partial charge in [0.1, 0.15) is 0 Å². The van der Waals surface area contributed by atoms with Crippen molar-refractivity contribution in [3.8, 4) is 0 Å². The highest BCUT2D eigenvalue weighted by Crippen LogP contribution is 2.22. The maximum atomic E-state index is 12.3. The fourth-order valence-corrected chi connectivity index (χ4v) is 4.34. The van der Waals surface area contributed by atoms with Gasteiger partial charge in [-0.15, -0.1) is 11.3 Å². The zero-order chi connectivity index (χ0) is 14.8. The zero-order valence-electron chi connectivity index (χ0n) is 10.8. The number of sulfonamides is 1. The molecule has 0 spiro atoms. The molecule has 0 aliphatic carbocycles. The van der Waals surface area contributed by atoms with E-state index < -0.39 is 10.0 Å². The summed E-state index contributed by atoms with van der Waals surface area (Å²) in [7, 11) is -3.55. The van der Waals surface area contributed by atoms with Gasteiger partial charge >= 0.3 is 0 Å². The highest BCUT2D eigenvalue weighted by molar-refractivity contribution is 7.89. The van der Waals surface area contributed by atoms with Crippen molar-refractivity contribution in [2.45, 2.75) is 24.4 Å². The van der Waals surface area contributed by atoms with E-state index in [1.54, 1.807) is 36.6 Å². The minimum Gasteiger partial charge on any atom is -0.326 e. The van der Waals surface area contributed by atoms with Crippen molar-refractivity contribution in [3.63, 3.8) is 0 Å². The van der Waals surface area contributed by atoms with Crippen LogP contribution in [0.25, 0.3) is 0 Å². The first kappa shape index (κ1) is 15.5. The Morgan fingerprint density at radius 2 is 2.15 bits per heavy atom. The van der Waals surface area contributed by atoms with Crippen LogP contribution in [0.1, 0.15) is 23.4 Å². The summed E-state index contributed by atoms with van der Waals surface area (Å²) < 4.78 is 27.1. The van der Waals surface area contributed by atoms with Gasteiger partial charge in [-0.25, -0.2) is 13.1 Å². The number of benzene rings is 1. The zero-order valence-corrected chi connectivity index (χ0v) is 13.2. The van der Waals surface area contributed by atoms with Crippen molar-refractivity contribution in [1.82, 2.24) is 4.72 Å². The van der Waals surface area contributed by atoms with Crippen molar-refractivity contribution < 1.29 is 8.42 Å². The lowest BCUT2D eigenvalue weighted by Crippen LogP contribution is -2.26. The van der Waals surface area contributed by atoms with E-state index in [0.29, 0.717) is 11.6 Å². The number of hydrogen-bond acceptors (Lipinski definition) is 4. The Morgan fingerprint density at radius 1 is 1.40 bits per heavy atom. The van der Waals surface area contributed by atoms with Crippen LogP contribution in [0.4, 0.5) is 0 Å². The Bertz CT molecular complexity index is 698. The van der Waals surface area contributed by atoms with E-state index in [-0.39, 0.29) is 10.9 Å². The Balaban J connectivity index is 2.19. The van der Waals surface area contributed by atoms with Crippen molar-refractivity contribution >= 4 is 33.0 Å². The number of nitrogens with two attached hydrogens (primary N) is 1. The Morgan fingerprint density at radius 3 is 2.75 bits per heavy atom. The number of nitrogens with one attached hydrogen (secondary N) is 1. The molecule has 0 saturated carbocycles. The molecule has 4 nitrogen and oxygen atoms in total. The van der Waals surface area contributed by atoms with Crippen molar-refractivity contribution in [2.24, 2.45) is 5.73 Å². The molecule has 2 aromatic rings. The number of halogens is 1. The van der Waals surface area contributed by atoms with Gasteiger partial charge in [0.15, 0.2) is 0 Å². The van der Waals surface area contributed by atoms with Crippen molar-refractivity contribution in [1.29, 1.82) is 0 Å². The first-order valence-electron chi connectivity index (χ1n) is 5.97. The SMILES string of the molecule is CC(NS(=O)(=O)c1csc(CN)c1)c1cccc(Cl)c1. The lowest BCUT2D eigenvalue weighted by atomic mass is 10.1. The molecule has 1 atom stereocenters. The summed E-state index contributed by atoms with van der Waals surface area (Å²) in [5, 5.41) is 2.17. The van der Waals surface area contributed by atoms with Crippen LogP contribution in [0.5, 0.6) is 0 Å². The van der Waals surface area contributed by atoms with Crippen molar-refractivity contribution in [3.05, 3.63) is 51.2 Å². The fourth-order valence-electron chi connectivity index (χ4n) is 1.75. The molecule has 2 rings (SSSR count).